The average molecular weight is 448 g/mol. The Morgan fingerprint density at radius 2 is 2.00 bits per heavy atom. The lowest BCUT2D eigenvalue weighted by atomic mass is 9.98. The van der Waals surface area contributed by atoms with Crippen LogP contribution in [-0.4, -0.2) is 6.54 Å². The molecular weight excluding hydrogens is 432 g/mol. The van der Waals surface area contributed by atoms with Gasteiger partial charge in [-0.1, -0.05) is 41.1 Å². The van der Waals surface area contributed by atoms with Gasteiger partial charge in [0, 0.05) is 14.1 Å². The smallest absolute Gasteiger partial charge is 0.126 e. The van der Waals surface area contributed by atoms with Crippen LogP contribution in [0.1, 0.15) is 24.1 Å². The Balaban J connectivity index is 2.32. The summed E-state index contributed by atoms with van der Waals surface area (Å²) in [4.78, 5) is 0. The molecule has 2 rings (SSSR count). The normalized spacial score (nSPS) is 12.4. The Kier molecular flexibility index (Phi) is 5.99. The highest BCUT2D eigenvalue weighted by Gasteiger charge is 2.16. The number of hydrogen-bond acceptors (Lipinski definition) is 1. The first-order chi connectivity index (χ1) is 9.61. The second-order valence-electron chi connectivity index (χ2n) is 4.57. The van der Waals surface area contributed by atoms with E-state index in [1.807, 2.05) is 18.2 Å². The van der Waals surface area contributed by atoms with Crippen LogP contribution in [-0.2, 0) is 6.42 Å². The predicted molar refractivity (Wildman–Crippen MR) is 93.4 cm³/mol. The number of halogens is 3. The fourth-order valence-corrected chi connectivity index (χ4v) is 3.24. The van der Waals surface area contributed by atoms with Gasteiger partial charge in [0.15, 0.2) is 0 Å². The third kappa shape index (κ3) is 4.02. The quantitative estimate of drug-likeness (QED) is 0.629. The van der Waals surface area contributed by atoms with Crippen LogP contribution >= 0.6 is 38.5 Å². The highest BCUT2D eigenvalue weighted by molar-refractivity contribution is 14.1. The molecule has 0 bridgehead atoms. The predicted octanol–water partition coefficient (Wildman–Crippen LogP) is 5.09. The van der Waals surface area contributed by atoms with Crippen LogP contribution in [0.15, 0.2) is 46.9 Å². The summed E-state index contributed by atoms with van der Waals surface area (Å²) in [6.45, 7) is 2.91. The molecule has 0 aromatic heterocycles. The maximum Gasteiger partial charge on any atom is 0.126 e. The lowest BCUT2D eigenvalue weighted by molar-refractivity contribution is 0.526. The second-order valence-corrected chi connectivity index (χ2v) is 6.67. The molecule has 106 valence electrons. The van der Waals surface area contributed by atoms with Crippen LogP contribution in [0.25, 0.3) is 0 Å². The van der Waals surface area contributed by atoms with E-state index in [0.29, 0.717) is 6.42 Å². The van der Waals surface area contributed by atoms with Crippen LogP contribution in [0.3, 0.4) is 0 Å². The zero-order valence-corrected chi connectivity index (χ0v) is 14.9. The summed E-state index contributed by atoms with van der Waals surface area (Å²) in [6, 6.07) is 13.3. The Bertz CT molecular complexity index is 588. The molecule has 0 aliphatic carbocycles. The van der Waals surface area contributed by atoms with Crippen LogP contribution in [0.5, 0.6) is 0 Å². The summed E-state index contributed by atoms with van der Waals surface area (Å²) in [5.74, 6) is -0.142. The molecule has 0 aliphatic rings. The number of benzene rings is 2. The molecule has 1 unspecified atom stereocenters. The highest BCUT2D eigenvalue weighted by Crippen LogP contribution is 2.28. The molecule has 0 saturated heterocycles. The molecule has 0 aliphatic heterocycles. The van der Waals surface area contributed by atoms with E-state index in [-0.39, 0.29) is 11.9 Å². The first-order valence-corrected chi connectivity index (χ1v) is 8.40. The third-order valence-electron chi connectivity index (χ3n) is 3.17. The minimum absolute atomic E-state index is 0.0981. The van der Waals surface area contributed by atoms with E-state index >= 15 is 0 Å². The number of nitrogens with one attached hydrogen (secondary N) is 1. The van der Waals surface area contributed by atoms with Crippen molar-refractivity contribution in [2.75, 3.05) is 6.54 Å². The molecule has 1 nitrogen and oxygen atoms in total. The van der Waals surface area contributed by atoms with Gasteiger partial charge in [-0.05, 0) is 70.9 Å². The van der Waals surface area contributed by atoms with E-state index < -0.39 is 0 Å². The van der Waals surface area contributed by atoms with Gasteiger partial charge in [-0.25, -0.2) is 4.39 Å². The Morgan fingerprint density at radius 3 is 2.70 bits per heavy atom. The van der Waals surface area contributed by atoms with Crippen molar-refractivity contribution in [3.8, 4) is 0 Å². The largest absolute Gasteiger partial charge is 0.310 e. The standard InChI is InChI=1S/C16H16BrFIN/c1-2-20-16(9-11-5-3-4-6-15(11)18)13-10-12(19)7-8-14(13)17/h3-8,10,16,20H,2,9H2,1H3. The molecule has 2 aromatic carbocycles. The molecule has 0 radical (unpaired) electrons. The van der Waals surface area contributed by atoms with E-state index in [0.717, 1.165) is 16.6 Å². The van der Waals surface area contributed by atoms with Gasteiger partial charge in [0.1, 0.15) is 5.82 Å². The SMILES string of the molecule is CCNC(Cc1ccccc1F)c1cc(I)ccc1Br. The maximum absolute atomic E-state index is 13.8. The Morgan fingerprint density at radius 1 is 1.25 bits per heavy atom. The van der Waals surface area contributed by atoms with Gasteiger partial charge in [-0.15, -0.1) is 0 Å². The van der Waals surface area contributed by atoms with Crippen molar-refractivity contribution >= 4 is 38.5 Å². The average Bonchev–Trinajstić information content (AvgIpc) is 2.43. The lowest BCUT2D eigenvalue weighted by Crippen LogP contribution is -2.23. The van der Waals surface area contributed by atoms with Crippen molar-refractivity contribution in [1.29, 1.82) is 0 Å². The summed E-state index contributed by atoms with van der Waals surface area (Å²) >= 11 is 5.89. The summed E-state index contributed by atoms with van der Waals surface area (Å²) in [6.07, 6.45) is 0.638. The molecule has 0 amide bonds. The summed E-state index contributed by atoms with van der Waals surface area (Å²) < 4.78 is 16.1. The molecule has 0 fully saturated rings. The van der Waals surface area contributed by atoms with Crippen molar-refractivity contribution in [3.05, 3.63) is 67.5 Å². The fourth-order valence-electron chi connectivity index (χ4n) is 2.20. The topological polar surface area (TPSA) is 12.0 Å². The molecular formula is C16H16BrFIN. The van der Waals surface area contributed by atoms with Crippen molar-refractivity contribution < 1.29 is 4.39 Å². The minimum Gasteiger partial charge on any atom is -0.310 e. The third-order valence-corrected chi connectivity index (χ3v) is 4.56. The van der Waals surface area contributed by atoms with Gasteiger partial charge in [0.25, 0.3) is 0 Å². The van der Waals surface area contributed by atoms with Gasteiger partial charge < -0.3 is 5.32 Å². The summed E-state index contributed by atoms with van der Waals surface area (Å²) in [5.41, 5.74) is 1.91. The van der Waals surface area contributed by atoms with Crippen molar-refractivity contribution in [2.45, 2.75) is 19.4 Å². The first kappa shape index (κ1) is 15.9. The van der Waals surface area contributed by atoms with E-state index in [2.05, 4.69) is 62.9 Å². The van der Waals surface area contributed by atoms with E-state index in [4.69, 9.17) is 0 Å². The van der Waals surface area contributed by atoms with Crippen molar-refractivity contribution in [3.63, 3.8) is 0 Å². The zero-order chi connectivity index (χ0) is 14.5. The number of likely N-dealkylation sites (N-methyl/N-ethyl adjacent to an activating group) is 1. The molecule has 2 aromatic rings. The Labute approximate surface area is 141 Å². The molecule has 0 heterocycles. The van der Waals surface area contributed by atoms with Crippen molar-refractivity contribution in [1.82, 2.24) is 5.32 Å². The Hall–Kier alpha value is -0.460. The van der Waals surface area contributed by atoms with Crippen molar-refractivity contribution in [2.24, 2.45) is 0 Å². The molecule has 0 saturated carbocycles. The summed E-state index contributed by atoms with van der Waals surface area (Å²) in [7, 11) is 0. The number of rotatable bonds is 5. The molecule has 0 spiro atoms. The van der Waals surface area contributed by atoms with E-state index in [1.54, 1.807) is 6.07 Å². The van der Waals surface area contributed by atoms with Gasteiger partial charge >= 0.3 is 0 Å². The van der Waals surface area contributed by atoms with Gasteiger partial charge in [-0.3, -0.25) is 0 Å². The highest BCUT2D eigenvalue weighted by atomic mass is 127. The van der Waals surface area contributed by atoms with Gasteiger partial charge in [0.2, 0.25) is 0 Å². The van der Waals surface area contributed by atoms with Crippen LogP contribution in [0.2, 0.25) is 0 Å². The lowest BCUT2D eigenvalue weighted by Gasteiger charge is -2.20. The minimum atomic E-state index is -0.142. The van der Waals surface area contributed by atoms with Gasteiger partial charge in [0.05, 0.1) is 0 Å². The maximum atomic E-state index is 13.8. The van der Waals surface area contributed by atoms with Crippen LogP contribution < -0.4 is 5.32 Å². The van der Waals surface area contributed by atoms with E-state index in [1.165, 1.54) is 15.2 Å². The molecule has 1 N–H and O–H groups in total. The molecule has 1 atom stereocenters. The van der Waals surface area contributed by atoms with E-state index in [9.17, 15) is 4.39 Å². The summed E-state index contributed by atoms with van der Waals surface area (Å²) in [5, 5.41) is 3.44. The monoisotopic (exact) mass is 447 g/mol. The number of hydrogen-bond donors (Lipinski definition) is 1. The molecule has 4 heteroatoms. The molecule has 20 heavy (non-hydrogen) atoms. The zero-order valence-electron chi connectivity index (χ0n) is 11.2. The van der Waals surface area contributed by atoms with Gasteiger partial charge in [-0.2, -0.15) is 0 Å². The van der Waals surface area contributed by atoms with Crippen LogP contribution in [0, 0.1) is 9.39 Å². The first-order valence-electron chi connectivity index (χ1n) is 6.53. The van der Waals surface area contributed by atoms with Crippen LogP contribution in [0.4, 0.5) is 4.39 Å². The second kappa shape index (κ2) is 7.52. The fraction of sp³-hybridized carbons (Fsp3) is 0.250.